The zero-order valence-corrected chi connectivity index (χ0v) is 18.1. The molecule has 0 saturated heterocycles. The summed E-state index contributed by atoms with van der Waals surface area (Å²) in [6.45, 7) is 0. The smallest absolute Gasteiger partial charge is 0.283 e. The van der Waals surface area contributed by atoms with Crippen molar-refractivity contribution in [3.05, 3.63) is 91.4 Å². The molecule has 0 aromatic heterocycles. The van der Waals surface area contributed by atoms with Crippen LogP contribution in [0.4, 0.5) is 0 Å². The first-order valence-electron chi connectivity index (χ1n) is 7.90. The summed E-state index contributed by atoms with van der Waals surface area (Å²) in [5, 5.41) is 20.6. The van der Waals surface area contributed by atoms with E-state index in [2.05, 4.69) is 0 Å². The minimum absolute atomic E-state index is 0.00406. The Labute approximate surface area is 186 Å². The fourth-order valence-corrected chi connectivity index (χ4v) is 5.76. The van der Waals surface area contributed by atoms with Crippen LogP contribution in [0.25, 0.3) is 0 Å². The SMILES string of the molecule is O=S(=O)(O)C(c1ccccc1Cl)(c1cc(Cl)cc(Cl)c1Cl)c1c(O)cccc1O. The summed E-state index contributed by atoms with van der Waals surface area (Å²) in [4.78, 5) is 0. The third kappa shape index (κ3) is 3.54. The Hall–Kier alpha value is -1.67. The largest absolute Gasteiger partial charge is 0.507 e. The van der Waals surface area contributed by atoms with Crippen LogP contribution in [0.5, 0.6) is 11.5 Å². The molecular weight excluding hydrogens is 482 g/mol. The topological polar surface area (TPSA) is 94.8 Å². The molecule has 3 rings (SSSR count). The van der Waals surface area contributed by atoms with Crippen molar-refractivity contribution in [1.29, 1.82) is 0 Å². The summed E-state index contributed by atoms with van der Waals surface area (Å²) in [7, 11) is -5.22. The molecule has 0 radical (unpaired) electrons. The van der Waals surface area contributed by atoms with Crippen LogP contribution in [0.15, 0.2) is 54.6 Å². The summed E-state index contributed by atoms with van der Waals surface area (Å²) in [5.41, 5.74) is -1.04. The van der Waals surface area contributed by atoms with Crippen molar-refractivity contribution in [2.75, 3.05) is 0 Å². The maximum Gasteiger partial charge on any atom is 0.283 e. The van der Waals surface area contributed by atoms with Gasteiger partial charge in [-0.05, 0) is 30.3 Å². The van der Waals surface area contributed by atoms with Gasteiger partial charge >= 0.3 is 0 Å². The molecule has 10 heteroatoms. The molecule has 29 heavy (non-hydrogen) atoms. The summed E-state index contributed by atoms with van der Waals surface area (Å²) in [6.07, 6.45) is 0. The molecule has 5 nitrogen and oxygen atoms in total. The Morgan fingerprint density at radius 1 is 0.759 bits per heavy atom. The monoisotopic (exact) mass is 492 g/mol. The van der Waals surface area contributed by atoms with Gasteiger partial charge in [-0.1, -0.05) is 70.7 Å². The van der Waals surface area contributed by atoms with Crippen LogP contribution < -0.4 is 0 Å². The van der Waals surface area contributed by atoms with Crippen molar-refractivity contribution in [3.63, 3.8) is 0 Å². The second-order valence-electron chi connectivity index (χ2n) is 6.06. The molecule has 1 atom stereocenters. The van der Waals surface area contributed by atoms with E-state index in [1.54, 1.807) is 0 Å². The van der Waals surface area contributed by atoms with Gasteiger partial charge in [0.1, 0.15) is 11.5 Å². The van der Waals surface area contributed by atoms with Gasteiger partial charge in [-0.15, -0.1) is 0 Å². The Bertz CT molecular complexity index is 1190. The fourth-order valence-electron chi connectivity index (χ4n) is 3.27. The van der Waals surface area contributed by atoms with Crippen LogP contribution in [0.2, 0.25) is 20.1 Å². The lowest BCUT2D eigenvalue weighted by molar-refractivity contribution is 0.416. The van der Waals surface area contributed by atoms with Crippen molar-refractivity contribution in [2.24, 2.45) is 0 Å². The number of phenolic OH excluding ortho intramolecular Hbond substituents is 2. The van der Waals surface area contributed by atoms with E-state index in [1.165, 1.54) is 42.5 Å². The minimum Gasteiger partial charge on any atom is -0.507 e. The molecule has 0 aliphatic rings. The van der Waals surface area contributed by atoms with Crippen molar-refractivity contribution in [1.82, 2.24) is 0 Å². The summed E-state index contributed by atoms with van der Waals surface area (Å²) < 4.78 is 33.9. The normalized spacial score (nSPS) is 13.8. The lowest BCUT2D eigenvalue weighted by atomic mass is 9.82. The molecule has 0 aliphatic heterocycles. The van der Waals surface area contributed by atoms with Crippen molar-refractivity contribution in [2.45, 2.75) is 4.75 Å². The van der Waals surface area contributed by atoms with E-state index in [0.717, 1.165) is 12.1 Å². The predicted octanol–water partition coefficient (Wildman–Crippen LogP) is 5.89. The van der Waals surface area contributed by atoms with Crippen molar-refractivity contribution in [3.8, 4) is 11.5 Å². The van der Waals surface area contributed by atoms with Gasteiger partial charge in [-0.2, -0.15) is 8.42 Å². The number of halogens is 4. The molecule has 3 aromatic rings. The van der Waals surface area contributed by atoms with Gasteiger partial charge in [0.2, 0.25) is 0 Å². The van der Waals surface area contributed by atoms with Crippen molar-refractivity contribution < 1.29 is 23.2 Å². The molecule has 0 aliphatic carbocycles. The average molecular weight is 494 g/mol. The third-order valence-corrected chi connectivity index (χ3v) is 7.15. The van der Waals surface area contributed by atoms with E-state index in [1.807, 2.05) is 0 Å². The van der Waals surface area contributed by atoms with Crippen LogP contribution in [0, 0.1) is 0 Å². The molecule has 0 saturated carbocycles. The van der Waals surface area contributed by atoms with Gasteiger partial charge in [0.25, 0.3) is 10.1 Å². The van der Waals surface area contributed by atoms with E-state index in [0.29, 0.717) is 0 Å². The second-order valence-corrected chi connectivity index (χ2v) is 9.25. The minimum atomic E-state index is -5.22. The first kappa shape index (κ1) is 22.0. The lowest BCUT2D eigenvalue weighted by Gasteiger charge is -2.34. The zero-order valence-electron chi connectivity index (χ0n) is 14.3. The van der Waals surface area contributed by atoms with E-state index in [9.17, 15) is 23.2 Å². The number of hydrogen-bond donors (Lipinski definition) is 3. The quantitative estimate of drug-likeness (QED) is 0.239. The summed E-state index contributed by atoms with van der Waals surface area (Å²) >= 11 is 24.9. The van der Waals surface area contributed by atoms with Gasteiger partial charge in [0, 0.05) is 21.2 Å². The van der Waals surface area contributed by atoms with Gasteiger partial charge in [0.05, 0.1) is 15.6 Å². The van der Waals surface area contributed by atoms with E-state index >= 15 is 0 Å². The fraction of sp³-hybridized carbons (Fsp3) is 0.0526. The maximum absolute atomic E-state index is 13.0. The summed E-state index contributed by atoms with van der Waals surface area (Å²) in [5.74, 6) is -1.26. The first-order chi connectivity index (χ1) is 13.5. The molecule has 0 fully saturated rings. The molecule has 1 unspecified atom stereocenters. The second kappa shape index (κ2) is 7.87. The number of hydrogen-bond acceptors (Lipinski definition) is 4. The number of aromatic hydroxyl groups is 2. The third-order valence-electron chi connectivity index (χ3n) is 4.38. The van der Waals surface area contributed by atoms with Crippen molar-refractivity contribution >= 4 is 56.5 Å². The Balaban J connectivity index is 2.71. The molecule has 3 N–H and O–H groups in total. The van der Waals surface area contributed by atoms with Crippen LogP contribution in [0.1, 0.15) is 16.7 Å². The van der Waals surface area contributed by atoms with Gasteiger partial charge in [0.15, 0.2) is 4.75 Å². The number of rotatable bonds is 4. The Morgan fingerprint density at radius 2 is 1.34 bits per heavy atom. The van der Waals surface area contributed by atoms with Crippen LogP contribution in [0.3, 0.4) is 0 Å². The first-order valence-corrected chi connectivity index (χ1v) is 10.9. The molecule has 0 heterocycles. The van der Waals surface area contributed by atoms with E-state index < -0.39 is 31.9 Å². The van der Waals surface area contributed by atoms with Crippen LogP contribution in [-0.4, -0.2) is 23.2 Å². The van der Waals surface area contributed by atoms with E-state index in [-0.39, 0.29) is 31.2 Å². The molecule has 3 aromatic carbocycles. The highest BCUT2D eigenvalue weighted by Gasteiger charge is 2.54. The predicted molar refractivity (Wildman–Crippen MR) is 114 cm³/mol. The Morgan fingerprint density at radius 3 is 1.90 bits per heavy atom. The highest BCUT2D eigenvalue weighted by molar-refractivity contribution is 7.87. The highest BCUT2D eigenvalue weighted by atomic mass is 35.5. The number of phenols is 2. The molecule has 0 spiro atoms. The molecule has 0 bridgehead atoms. The molecule has 0 amide bonds. The van der Waals surface area contributed by atoms with Crippen LogP contribution >= 0.6 is 46.4 Å². The lowest BCUT2D eigenvalue weighted by Crippen LogP contribution is -2.39. The van der Waals surface area contributed by atoms with Gasteiger partial charge in [-0.3, -0.25) is 4.55 Å². The Kier molecular flexibility index (Phi) is 5.98. The van der Waals surface area contributed by atoms with Crippen LogP contribution in [-0.2, 0) is 14.9 Å². The van der Waals surface area contributed by atoms with Gasteiger partial charge in [-0.25, -0.2) is 0 Å². The standard InChI is InChI=1S/C19H12Cl4O5S/c20-10-8-12(18(23)14(22)9-10)19(29(26,27)28,11-4-1-2-5-13(11)21)17-15(24)6-3-7-16(17)25/h1-9,24-25H,(H,26,27,28). The summed E-state index contributed by atoms with van der Waals surface area (Å²) in [6, 6.07) is 11.7. The average Bonchev–Trinajstić information content (AvgIpc) is 2.61. The molecule has 152 valence electrons. The van der Waals surface area contributed by atoms with E-state index in [4.69, 9.17) is 46.4 Å². The maximum atomic E-state index is 13.0. The zero-order chi connectivity index (χ0) is 21.6. The van der Waals surface area contributed by atoms with Gasteiger partial charge < -0.3 is 10.2 Å². The highest BCUT2D eigenvalue weighted by Crippen LogP contribution is 2.54. The number of benzene rings is 3. The molecular formula is C19H12Cl4O5S.